The first kappa shape index (κ1) is 25.0. The SMILES string of the molecule is CCN(CC)c1ccc(-n2nc3cc(C)c(NC(=O)/C=C/c4ccc(-c5ccccc5)o4)cc3n2)c(C)c1. The average molecular weight is 506 g/mol. The number of amides is 1. The van der Waals surface area contributed by atoms with Crippen molar-refractivity contribution in [2.75, 3.05) is 23.3 Å². The Morgan fingerprint density at radius 2 is 1.66 bits per heavy atom. The van der Waals surface area contributed by atoms with Crippen molar-refractivity contribution in [1.82, 2.24) is 15.0 Å². The number of benzene rings is 3. The molecule has 38 heavy (non-hydrogen) atoms. The summed E-state index contributed by atoms with van der Waals surface area (Å²) in [6.07, 6.45) is 3.13. The lowest BCUT2D eigenvalue weighted by Crippen LogP contribution is -2.21. The van der Waals surface area contributed by atoms with Gasteiger partial charge in [-0.05, 0) is 87.4 Å². The molecule has 192 valence electrons. The molecule has 5 aromatic rings. The van der Waals surface area contributed by atoms with Gasteiger partial charge in [0.2, 0.25) is 5.91 Å². The molecule has 5 rings (SSSR count). The summed E-state index contributed by atoms with van der Waals surface area (Å²) in [4.78, 5) is 16.6. The number of aryl methyl sites for hydroxylation is 2. The zero-order valence-electron chi connectivity index (χ0n) is 22.1. The van der Waals surface area contributed by atoms with Gasteiger partial charge in [-0.3, -0.25) is 4.79 Å². The number of hydrogen-bond donors (Lipinski definition) is 1. The number of rotatable bonds is 8. The topological polar surface area (TPSA) is 76.2 Å². The Morgan fingerprint density at radius 3 is 2.37 bits per heavy atom. The molecule has 0 fully saturated rings. The summed E-state index contributed by atoms with van der Waals surface area (Å²) in [5, 5.41) is 12.4. The molecule has 7 nitrogen and oxygen atoms in total. The highest BCUT2D eigenvalue weighted by Crippen LogP contribution is 2.26. The van der Waals surface area contributed by atoms with Crippen LogP contribution in [-0.4, -0.2) is 34.0 Å². The molecule has 0 aliphatic heterocycles. The van der Waals surface area contributed by atoms with E-state index in [4.69, 9.17) is 14.6 Å². The molecule has 0 unspecified atom stereocenters. The Hall–Kier alpha value is -4.65. The smallest absolute Gasteiger partial charge is 0.248 e. The monoisotopic (exact) mass is 505 g/mol. The van der Waals surface area contributed by atoms with Crippen molar-refractivity contribution in [3.8, 4) is 17.0 Å². The van der Waals surface area contributed by atoms with Crippen molar-refractivity contribution < 1.29 is 9.21 Å². The molecule has 0 spiro atoms. The van der Waals surface area contributed by atoms with E-state index in [0.29, 0.717) is 17.0 Å². The highest BCUT2D eigenvalue weighted by Gasteiger charge is 2.13. The first-order chi connectivity index (χ1) is 18.4. The maximum absolute atomic E-state index is 12.7. The Labute approximate surface area is 222 Å². The summed E-state index contributed by atoms with van der Waals surface area (Å²) in [5.74, 6) is 1.12. The molecule has 1 amide bonds. The van der Waals surface area contributed by atoms with E-state index in [0.717, 1.165) is 46.7 Å². The van der Waals surface area contributed by atoms with Crippen molar-refractivity contribution in [1.29, 1.82) is 0 Å². The molecule has 2 heterocycles. The highest BCUT2D eigenvalue weighted by molar-refractivity contribution is 6.03. The van der Waals surface area contributed by atoms with Gasteiger partial charge < -0.3 is 14.6 Å². The van der Waals surface area contributed by atoms with Gasteiger partial charge in [0.1, 0.15) is 22.6 Å². The fourth-order valence-corrected chi connectivity index (χ4v) is 4.49. The number of carbonyl (C=O) groups is 1. The first-order valence-electron chi connectivity index (χ1n) is 12.8. The number of carbonyl (C=O) groups excluding carboxylic acids is 1. The van der Waals surface area contributed by atoms with Gasteiger partial charge in [0.15, 0.2) is 0 Å². The second-order valence-electron chi connectivity index (χ2n) is 9.18. The fourth-order valence-electron chi connectivity index (χ4n) is 4.49. The van der Waals surface area contributed by atoms with E-state index < -0.39 is 0 Å². The lowest BCUT2D eigenvalue weighted by Gasteiger charge is -2.22. The fraction of sp³-hybridized carbons (Fsp3) is 0.194. The van der Waals surface area contributed by atoms with Crippen LogP contribution in [0.4, 0.5) is 11.4 Å². The number of fused-ring (bicyclic) bond motifs is 1. The minimum atomic E-state index is -0.250. The maximum Gasteiger partial charge on any atom is 0.248 e. The zero-order valence-corrected chi connectivity index (χ0v) is 22.1. The normalized spacial score (nSPS) is 11.4. The third-order valence-electron chi connectivity index (χ3n) is 6.59. The summed E-state index contributed by atoms with van der Waals surface area (Å²) in [5.41, 5.74) is 7.28. The number of nitrogens with zero attached hydrogens (tertiary/aromatic N) is 4. The van der Waals surface area contributed by atoms with Crippen molar-refractivity contribution in [3.63, 3.8) is 0 Å². The Bertz CT molecular complexity index is 1610. The van der Waals surface area contributed by atoms with Gasteiger partial charge in [0, 0.05) is 36.1 Å². The summed E-state index contributed by atoms with van der Waals surface area (Å²) in [7, 11) is 0. The molecule has 2 aromatic heterocycles. The van der Waals surface area contributed by atoms with Crippen LogP contribution in [0.5, 0.6) is 0 Å². The molecule has 0 bridgehead atoms. The molecule has 7 heteroatoms. The minimum absolute atomic E-state index is 0.250. The van der Waals surface area contributed by atoms with Crippen LogP contribution in [0.25, 0.3) is 34.1 Å². The molecule has 0 atom stereocenters. The molecule has 0 aliphatic rings. The van der Waals surface area contributed by atoms with Gasteiger partial charge in [-0.25, -0.2) is 0 Å². The van der Waals surface area contributed by atoms with Crippen LogP contribution in [0, 0.1) is 13.8 Å². The van der Waals surface area contributed by atoms with E-state index in [-0.39, 0.29) is 5.91 Å². The Kier molecular flexibility index (Phi) is 7.09. The molecule has 0 saturated heterocycles. The van der Waals surface area contributed by atoms with E-state index in [2.05, 4.69) is 49.2 Å². The van der Waals surface area contributed by atoms with Gasteiger partial charge >= 0.3 is 0 Å². The van der Waals surface area contributed by atoms with Crippen molar-refractivity contribution in [3.05, 3.63) is 95.8 Å². The second-order valence-corrected chi connectivity index (χ2v) is 9.18. The van der Waals surface area contributed by atoms with Gasteiger partial charge in [0.25, 0.3) is 0 Å². The molecule has 0 radical (unpaired) electrons. The molecular formula is C31H31N5O2. The molecule has 3 aromatic carbocycles. The van der Waals surface area contributed by atoms with Crippen molar-refractivity contribution >= 4 is 34.4 Å². The van der Waals surface area contributed by atoms with Gasteiger partial charge in [-0.2, -0.15) is 4.80 Å². The third-order valence-corrected chi connectivity index (χ3v) is 6.59. The van der Waals surface area contributed by atoms with Crippen molar-refractivity contribution in [2.45, 2.75) is 27.7 Å². The minimum Gasteiger partial charge on any atom is -0.457 e. The standard InChI is InChI=1S/C31H31N5O2/c1-5-35(6-2)24-12-15-29(22(4)18-24)36-33-27-19-21(3)26(20-28(27)34-36)32-31(37)17-14-25-13-16-30(38-25)23-10-8-7-9-11-23/h7-20H,5-6H2,1-4H3,(H,32,37)/b17-14+. The summed E-state index contributed by atoms with van der Waals surface area (Å²) in [6, 6.07) is 23.7. The van der Waals surface area contributed by atoms with Gasteiger partial charge in [-0.15, -0.1) is 10.2 Å². The maximum atomic E-state index is 12.7. The number of anilines is 2. The largest absolute Gasteiger partial charge is 0.457 e. The third kappa shape index (κ3) is 5.22. The van der Waals surface area contributed by atoms with Crippen LogP contribution in [0.1, 0.15) is 30.7 Å². The number of nitrogens with one attached hydrogen (secondary N) is 1. The van der Waals surface area contributed by atoms with E-state index in [1.54, 1.807) is 10.9 Å². The van der Waals surface area contributed by atoms with E-state index in [1.807, 2.05) is 61.5 Å². The van der Waals surface area contributed by atoms with E-state index >= 15 is 0 Å². The van der Waals surface area contributed by atoms with Crippen LogP contribution >= 0.6 is 0 Å². The van der Waals surface area contributed by atoms with Crippen LogP contribution in [0.3, 0.4) is 0 Å². The predicted molar refractivity (Wildman–Crippen MR) is 154 cm³/mol. The summed E-state index contributed by atoms with van der Waals surface area (Å²) < 4.78 is 5.85. The van der Waals surface area contributed by atoms with E-state index in [1.165, 1.54) is 11.8 Å². The Morgan fingerprint density at radius 1 is 0.921 bits per heavy atom. The van der Waals surface area contributed by atoms with Gasteiger partial charge in [-0.1, -0.05) is 30.3 Å². The van der Waals surface area contributed by atoms with Crippen molar-refractivity contribution in [2.24, 2.45) is 0 Å². The van der Waals surface area contributed by atoms with Crippen LogP contribution in [-0.2, 0) is 4.79 Å². The molecule has 1 N–H and O–H groups in total. The van der Waals surface area contributed by atoms with E-state index in [9.17, 15) is 4.79 Å². The quantitative estimate of drug-likeness (QED) is 0.235. The molecular weight excluding hydrogens is 474 g/mol. The number of furan rings is 1. The molecule has 0 aliphatic carbocycles. The lowest BCUT2D eigenvalue weighted by atomic mass is 10.1. The first-order valence-corrected chi connectivity index (χ1v) is 12.8. The summed E-state index contributed by atoms with van der Waals surface area (Å²) in [6.45, 7) is 10.2. The van der Waals surface area contributed by atoms with Crippen LogP contribution in [0.15, 0.2) is 83.3 Å². The van der Waals surface area contributed by atoms with Crippen LogP contribution in [0.2, 0.25) is 0 Å². The van der Waals surface area contributed by atoms with Crippen LogP contribution < -0.4 is 10.2 Å². The lowest BCUT2D eigenvalue weighted by molar-refractivity contribution is -0.111. The number of aromatic nitrogens is 3. The molecule has 0 saturated carbocycles. The number of hydrogen-bond acceptors (Lipinski definition) is 5. The van der Waals surface area contributed by atoms with Gasteiger partial charge in [0.05, 0.1) is 5.69 Å². The summed E-state index contributed by atoms with van der Waals surface area (Å²) >= 11 is 0. The Balaban J connectivity index is 1.32. The zero-order chi connectivity index (χ0) is 26.6. The predicted octanol–water partition coefficient (Wildman–Crippen LogP) is 6.80. The average Bonchev–Trinajstić information content (AvgIpc) is 3.56. The highest BCUT2D eigenvalue weighted by atomic mass is 16.3. The second kappa shape index (κ2) is 10.8.